The predicted molar refractivity (Wildman–Crippen MR) is 57.0 cm³/mol. The monoisotopic (exact) mass is 231 g/mol. The Bertz CT molecular complexity index is 391. The van der Waals surface area contributed by atoms with Crippen molar-refractivity contribution in [1.29, 1.82) is 0 Å². The van der Waals surface area contributed by atoms with Gasteiger partial charge in [-0.25, -0.2) is 0 Å². The fourth-order valence-electron chi connectivity index (χ4n) is 1.03. The van der Waals surface area contributed by atoms with Crippen LogP contribution in [0.4, 0.5) is 5.69 Å². The first-order chi connectivity index (χ1) is 6.57. The summed E-state index contributed by atoms with van der Waals surface area (Å²) in [5.41, 5.74) is 0.557. The van der Waals surface area contributed by atoms with Crippen molar-refractivity contribution in [2.75, 3.05) is 0 Å². The molecule has 0 spiro atoms. The first-order valence-corrected chi connectivity index (χ1v) is 4.55. The van der Waals surface area contributed by atoms with E-state index < -0.39 is 4.92 Å². The molecule has 1 aromatic carbocycles. The molecule has 0 saturated heterocycles. The third-order valence-corrected chi connectivity index (χ3v) is 2.61. The van der Waals surface area contributed by atoms with E-state index in [0.717, 1.165) is 5.56 Å². The molecule has 0 aromatic heterocycles. The van der Waals surface area contributed by atoms with Crippen molar-refractivity contribution in [3.05, 3.63) is 50.5 Å². The molecule has 1 rings (SSSR count). The number of nitro benzene ring substituents is 1. The van der Waals surface area contributed by atoms with E-state index in [1.807, 2.05) is 0 Å². The minimum atomic E-state index is -0.564. The number of hydrogen-bond donors (Lipinski definition) is 0. The number of rotatable bonds is 3. The highest BCUT2D eigenvalue weighted by Gasteiger charge is 2.17. The molecule has 0 aliphatic rings. The van der Waals surface area contributed by atoms with Crippen molar-refractivity contribution >= 4 is 28.9 Å². The molecule has 0 radical (unpaired) electrons. The van der Waals surface area contributed by atoms with E-state index in [1.165, 1.54) is 6.07 Å². The lowest BCUT2D eigenvalue weighted by molar-refractivity contribution is -0.384. The lowest BCUT2D eigenvalue weighted by atomic mass is 10.1. The van der Waals surface area contributed by atoms with Crippen molar-refractivity contribution in [2.45, 2.75) is 6.42 Å². The van der Waals surface area contributed by atoms with Gasteiger partial charge >= 0.3 is 0 Å². The van der Waals surface area contributed by atoms with Gasteiger partial charge in [0.05, 0.1) is 9.95 Å². The summed E-state index contributed by atoms with van der Waals surface area (Å²) in [6.45, 7) is 3.55. The Hall–Kier alpha value is -1.06. The summed E-state index contributed by atoms with van der Waals surface area (Å²) < 4.78 is 0. The fourth-order valence-corrected chi connectivity index (χ4v) is 1.52. The fraction of sp³-hybridized carbons (Fsp3) is 0.111. The van der Waals surface area contributed by atoms with E-state index in [4.69, 9.17) is 23.2 Å². The van der Waals surface area contributed by atoms with Gasteiger partial charge in [-0.1, -0.05) is 35.3 Å². The minimum absolute atomic E-state index is 0.0176. The zero-order chi connectivity index (χ0) is 10.7. The average Bonchev–Trinajstić information content (AvgIpc) is 2.13. The number of halogens is 2. The predicted octanol–water partition coefficient (Wildman–Crippen LogP) is 3.63. The lowest BCUT2D eigenvalue weighted by Gasteiger charge is -2.03. The Morgan fingerprint density at radius 3 is 2.57 bits per heavy atom. The Labute approximate surface area is 91.1 Å². The highest BCUT2D eigenvalue weighted by atomic mass is 35.5. The van der Waals surface area contributed by atoms with Crippen LogP contribution >= 0.6 is 23.2 Å². The Balaban J connectivity index is 3.25. The van der Waals surface area contributed by atoms with Crippen LogP contribution in [0.1, 0.15) is 5.56 Å². The van der Waals surface area contributed by atoms with Crippen LogP contribution in [0.2, 0.25) is 10.0 Å². The van der Waals surface area contributed by atoms with Crippen LogP contribution in [0.15, 0.2) is 24.8 Å². The lowest BCUT2D eigenvalue weighted by Crippen LogP contribution is -1.92. The third kappa shape index (κ3) is 2.05. The van der Waals surface area contributed by atoms with Gasteiger partial charge in [0.1, 0.15) is 5.02 Å². The summed E-state index contributed by atoms with van der Waals surface area (Å²) >= 11 is 11.6. The minimum Gasteiger partial charge on any atom is -0.258 e. The number of nitrogens with zero attached hydrogens (tertiary/aromatic N) is 1. The molecule has 0 bridgehead atoms. The Morgan fingerprint density at radius 2 is 2.07 bits per heavy atom. The topological polar surface area (TPSA) is 43.1 Å². The van der Waals surface area contributed by atoms with Gasteiger partial charge in [0.25, 0.3) is 5.69 Å². The van der Waals surface area contributed by atoms with E-state index in [2.05, 4.69) is 6.58 Å². The van der Waals surface area contributed by atoms with Gasteiger partial charge in [-0.05, 0) is 12.0 Å². The molecule has 5 heteroatoms. The summed E-state index contributed by atoms with van der Waals surface area (Å²) in [6.07, 6.45) is 2.19. The summed E-state index contributed by atoms with van der Waals surface area (Å²) in [7, 11) is 0. The van der Waals surface area contributed by atoms with E-state index >= 15 is 0 Å². The zero-order valence-electron chi connectivity index (χ0n) is 7.17. The molecule has 0 aliphatic heterocycles. The van der Waals surface area contributed by atoms with Crippen molar-refractivity contribution in [2.24, 2.45) is 0 Å². The average molecular weight is 232 g/mol. The van der Waals surface area contributed by atoms with Gasteiger partial charge in [0.15, 0.2) is 0 Å². The molecule has 0 N–H and O–H groups in total. The second-order valence-corrected chi connectivity index (χ2v) is 3.38. The Morgan fingerprint density at radius 1 is 1.43 bits per heavy atom. The van der Waals surface area contributed by atoms with Gasteiger partial charge in [0, 0.05) is 6.07 Å². The Kier molecular flexibility index (Phi) is 3.49. The van der Waals surface area contributed by atoms with Crippen molar-refractivity contribution < 1.29 is 4.92 Å². The smallest absolute Gasteiger partial charge is 0.258 e. The van der Waals surface area contributed by atoms with Gasteiger partial charge in [-0.3, -0.25) is 10.1 Å². The normalized spacial score (nSPS) is 9.86. The molecule has 0 unspecified atom stereocenters. The van der Waals surface area contributed by atoms with Crippen molar-refractivity contribution in [3.63, 3.8) is 0 Å². The van der Waals surface area contributed by atoms with Crippen LogP contribution in [-0.4, -0.2) is 4.92 Å². The zero-order valence-corrected chi connectivity index (χ0v) is 8.68. The third-order valence-electron chi connectivity index (χ3n) is 1.70. The SMILES string of the molecule is C=CCc1ccc([N+](=O)[O-])c(Cl)c1Cl. The molecule has 74 valence electrons. The largest absolute Gasteiger partial charge is 0.289 e. The maximum Gasteiger partial charge on any atom is 0.289 e. The molecule has 0 amide bonds. The molecule has 0 heterocycles. The quantitative estimate of drug-likeness (QED) is 0.453. The first kappa shape index (κ1) is 11.0. The van der Waals surface area contributed by atoms with Gasteiger partial charge in [0.2, 0.25) is 0 Å². The van der Waals surface area contributed by atoms with Crippen molar-refractivity contribution in [3.8, 4) is 0 Å². The molecule has 14 heavy (non-hydrogen) atoms. The second-order valence-electron chi connectivity index (χ2n) is 2.62. The van der Waals surface area contributed by atoms with Crippen LogP contribution in [0.5, 0.6) is 0 Å². The van der Waals surface area contributed by atoms with Crippen LogP contribution in [0.25, 0.3) is 0 Å². The maximum atomic E-state index is 10.5. The van der Waals surface area contributed by atoms with Crippen LogP contribution in [0.3, 0.4) is 0 Å². The molecule has 0 aliphatic carbocycles. The van der Waals surface area contributed by atoms with E-state index in [1.54, 1.807) is 12.1 Å². The number of benzene rings is 1. The van der Waals surface area contributed by atoms with Crippen LogP contribution in [-0.2, 0) is 6.42 Å². The number of nitro groups is 1. The van der Waals surface area contributed by atoms with Gasteiger partial charge in [-0.15, -0.1) is 6.58 Å². The first-order valence-electron chi connectivity index (χ1n) is 3.80. The van der Waals surface area contributed by atoms with E-state index in [0.29, 0.717) is 6.42 Å². The number of hydrogen-bond acceptors (Lipinski definition) is 2. The van der Waals surface area contributed by atoms with Crippen molar-refractivity contribution in [1.82, 2.24) is 0 Å². The summed E-state index contributed by atoms with van der Waals surface area (Å²) in [4.78, 5) is 9.92. The van der Waals surface area contributed by atoms with Crippen LogP contribution in [0, 0.1) is 10.1 Å². The summed E-state index contributed by atoms with van der Waals surface area (Å²) in [6, 6.07) is 2.92. The summed E-state index contributed by atoms with van der Waals surface area (Å²) in [5.74, 6) is 0. The second kappa shape index (κ2) is 4.44. The van der Waals surface area contributed by atoms with E-state index in [-0.39, 0.29) is 15.7 Å². The molecule has 1 aromatic rings. The summed E-state index contributed by atoms with van der Waals surface area (Å²) in [5, 5.41) is 10.7. The standard InChI is InChI=1S/C9H7Cl2NO2/c1-2-3-6-4-5-7(12(13)14)9(11)8(6)10/h2,4-5H,1,3H2. The maximum absolute atomic E-state index is 10.5. The molecular weight excluding hydrogens is 225 g/mol. The van der Waals surface area contributed by atoms with Gasteiger partial charge < -0.3 is 0 Å². The molecule has 3 nitrogen and oxygen atoms in total. The molecule has 0 saturated carbocycles. The molecular formula is C9H7Cl2NO2. The molecule has 0 atom stereocenters. The number of allylic oxidation sites excluding steroid dienone is 1. The highest BCUT2D eigenvalue weighted by Crippen LogP contribution is 2.34. The molecule has 0 fully saturated rings. The highest BCUT2D eigenvalue weighted by molar-refractivity contribution is 6.43. The van der Waals surface area contributed by atoms with Gasteiger partial charge in [-0.2, -0.15) is 0 Å². The van der Waals surface area contributed by atoms with Crippen LogP contribution < -0.4 is 0 Å². The van der Waals surface area contributed by atoms with E-state index in [9.17, 15) is 10.1 Å².